The van der Waals surface area contributed by atoms with Gasteiger partial charge in [0.25, 0.3) is 0 Å². The summed E-state index contributed by atoms with van der Waals surface area (Å²) in [5.74, 6) is 0. The van der Waals surface area contributed by atoms with Crippen LogP contribution in [0.3, 0.4) is 0 Å². The van der Waals surface area contributed by atoms with Crippen LogP contribution in [0.2, 0.25) is 18.1 Å². The molecule has 1 amide bonds. The van der Waals surface area contributed by atoms with Crippen molar-refractivity contribution in [1.82, 2.24) is 10.3 Å². The Morgan fingerprint density at radius 3 is 2.23 bits per heavy atom. The van der Waals surface area contributed by atoms with Crippen molar-refractivity contribution in [2.45, 2.75) is 77.7 Å². The summed E-state index contributed by atoms with van der Waals surface area (Å²) in [4.78, 5) is 16.9. The molecule has 0 aliphatic carbocycles. The van der Waals surface area contributed by atoms with Crippen molar-refractivity contribution in [1.29, 1.82) is 0 Å². The van der Waals surface area contributed by atoms with Crippen LogP contribution >= 0.6 is 15.9 Å². The summed E-state index contributed by atoms with van der Waals surface area (Å²) in [6.45, 7) is 18.7. The molecular formula is C19H33BrN2O3Si. The number of alkyl carbamates (subject to hydrolysis) is 1. The van der Waals surface area contributed by atoms with Crippen molar-refractivity contribution in [2.75, 3.05) is 6.61 Å². The maximum absolute atomic E-state index is 12.4. The molecule has 0 fully saturated rings. The maximum atomic E-state index is 12.4. The summed E-state index contributed by atoms with van der Waals surface area (Å²) in [5.41, 5.74) is -0.730. The number of carbonyl (C=O) groups is 1. The van der Waals surface area contributed by atoms with E-state index in [4.69, 9.17) is 9.16 Å². The lowest BCUT2D eigenvalue weighted by molar-refractivity contribution is -0.0223. The second-order valence-electron chi connectivity index (χ2n) is 9.40. The molecule has 0 aliphatic heterocycles. The third-order valence-corrected chi connectivity index (χ3v) is 9.55. The van der Waals surface area contributed by atoms with Gasteiger partial charge in [0.1, 0.15) is 0 Å². The molecule has 1 heterocycles. The molecule has 1 atom stereocenters. The largest absolute Gasteiger partial charge is 0.434 e. The first-order valence-electron chi connectivity index (χ1n) is 8.83. The van der Waals surface area contributed by atoms with E-state index in [9.17, 15) is 4.79 Å². The highest BCUT2D eigenvalue weighted by molar-refractivity contribution is 9.10. The number of aromatic nitrogens is 1. The van der Waals surface area contributed by atoms with E-state index in [-0.39, 0.29) is 17.2 Å². The fraction of sp³-hybridized carbons (Fsp3) is 0.684. The van der Waals surface area contributed by atoms with Crippen molar-refractivity contribution in [2.24, 2.45) is 0 Å². The van der Waals surface area contributed by atoms with E-state index >= 15 is 0 Å². The fourth-order valence-corrected chi connectivity index (χ4v) is 3.32. The number of halogens is 1. The lowest BCUT2D eigenvalue weighted by Gasteiger charge is -2.39. The van der Waals surface area contributed by atoms with Gasteiger partial charge in [0.2, 0.25) is 0 Å². The SMILES string of the molecule is CC(C)(C)NC(=O)OC(C)(CO[Si](C)(C)C(C)(C)C)c1cc(Br)ccn1. The van der Waals surface area contributed by atoms with Gasteiger partial charge < -0.3 is 14.5 Å². The van der Waals surface area contributed by atoms with E-state index in [1.807, 2.05) is 39.8 Å². The van der Waals surface area contributed by atoms with Crippen LogP contribution in [0.4, 0.5) is 4.79 Å². The van der Waals surface area contributed by atoms with Crippen LogP contribution in [0.1, 0.15) is 54.2 Å². The number of pyridine rings is 1. The number of amides is 1. The van der Waals surface area contributed by atoms with Gasteiger partial charge in [0.05, 0.1) is 12.3 Å². The van der Waals surface area contributed by atoms with Gasteiger partial charge in [0.15, 0.2) is 13.9 Å². The standard InChI is InChI=1S/C19H33BrN2O3Si/c1-17(2,3)22-16(23)25-19(7,15-12-14(20)10-11-21-15)13-24-26(8,9)18(4,5)6/h10-12H,13H2,1-9H3,(H,22,23). The van der Waals surface area contributed by atoms with Gasteiger partial charge in [-0.25, -0.2) is 4.79 Å². The van der Waals surface area contributed by atoms with Gasteiger partial charge >= 0.3 is 6.09 Å². The average Bonchev–Trinajstić information content (AvgIpc) is 2.42. The Bertz CT molecular complexity index is 638. The zero-order valence-electron chi connectivity index (χ0n) is 17.5. The van der Waals surface area contributed by atoms with E-state index in [0.717, 1.165) is 4.47 Å². The molecule has 1 aromatic heterocycles. The molecule has 0 bridgehead atoms. The summed E-state index contributed by atoms with van der Waals surface area (Å²) in [6, 6.07) is 3.70. The molecule has 0 spiro atoms. The van der Waals surface area contributed by atoms with E-state index in [0.29, 0.717) is 5.69 Å². The molecule has 0 saturated carbocycles. The molecule has 1 unspecified atom stereocenters. The van der Waals surface area contributed by atoms with Crippen LogP contribution in [-0.2, 0) is 14.8 Å². The van der Waals surface area contributed by atoms with Gasteiger partial charge in [-0.05, 0) is 58.0 Å². The van der Waals surface area contributed by atoms with Gasteiger partial charge in [-0.3, -0.25) is 4.98 Å². The number of hydrogen-bond acceptors (Lipinski definition) is 4. The number of ether oxygens (including phenoxy) is 1. The Morgan fingerprint density at radius 2 is 1.77 bits per heavy atom. The monoisotopic (exact) mass is 444 g/mol. The molecule has 5 nitrogen and oxygen atoms in total. The molecule has 0 aliphatic rings. The summed E-state index contributed by atoms with van der Waals surface area (Å²) in [7, 11) is -2.01. The Balaban J connectivity index is 3.12. The fourth-order valence-electron chi connectivity index (χ4n) is 1.92. The van der Waals surface area contributed by atoms with Crippen molar-refractivity contribution in [3.8, 4) is 0 Å². The second kappa shape index (κ2) is 7.98. The van der Waals surface area contributed by atoms with E-state index in [1.54, 1.807) is 6.20 Å². The quantitative estimate of drug-likeness (QED) is 0.599. The molecule has 148 valence electrons. The highest BCUT2D eigenvalue weighted by atomic mass is 79.9. The highest BCUT2D eigenvalue weighted by Gasteiger charge is 2.42. The van der Waals surface area contributed by atoms with Crippen LogP contribution in [-0.4, -0.2) is 31.5 Å². The van der Waals surface area contributed by atoms with Crippen LogP contribution in [0, 0.1) is 0 Å². The number of rotatable bonds is 5. The zero-order valence-corrected chi connectivity index (χ0v) is 20.1. The summed E-state index contributed by atoms with van der Waals surface area (Å²) < 4.78 is 13.1. The first-order chi connectivity index (χ1) is 11.6. The molecule has 7 heteroatoms. The first kappa shape index (κ1) is 23.1. The average molecular weight is 445 g/mol. The smallest absolute Gasteiger partial charge is 0.408 e. The molecule has 1 N–H and O–H groups in total. The minimum atomic E-state index is -2.01. The molecule has 1 rings (SSSR count). The van der Waals surface area contributed by atoms with Crippen LogP contribution in [0.5, 0.6) is 0 Å². The number of nitrogens with zero attached hydrogens (tertiary/aromatic N) is 1. The van der Waals surface area contributed by atoms with Gasteiger partial charge in [-0.2, -0.15) is 0 Å². The maximum Gasteiger partial charge on any atom is 0.408 e. The summed E-state index contributed by atoms with van der Waals surface area (Å²) in [5, 5.41) is 2.90. The van der Waals surface area contributed by atoms with E-state index in [1.165, 1.54) is 0 Å². The Hall–Kier alpha value is -0.923. The topological polar surface area (TPSA) is 60.5 Å². The van der Waals surface area contributed by atoms with Gasteiger partial charge in [0, 0.05) is 16.2 Å². The van der Waals surface area contributed by atoms with Crippen LogP contribution in [0.25, 0.3) is 0 Å². The molecule has 1 aromatic rings. The minimum absolute atomic E-state index is 0.0618. The zero-order chi connectivity index (χ0) is 20.4. The third kappa shape index (κ3) is 6.67. The Labute approximate surface area is 167 Å². The molecule has 26 heavy (non-hydrogen) atoms. The predicted octanol–water partition coefficient (Wildman–Crippen LogP) is 5.61. The van der Waals surface area contributed by atoms with Gasteiger partial charge in [-0.15, -0.1) is 0 Å². The number of hydrogen-bond donors (Lipinski definition) is 1. The molecule has 0 radical (unpaired) electrons. The molecule has 0 aromatic carbocycles. The molecule has 0 saturated heterocycles. The van der Waals surface area contributed by atoms with E-state index in [2.05, 4.69) is 60.1 Å². The lowest BCUT2D eigenvalue weighted by atomic mass is 10.0. The number of carbonyl (C=O) groups excluding carboxylic acids is 1. The summed E-state index contributed by atoms with van der Waals surface area (Å²) >= 11 is 3.46. The third-order valence-electron chi connectivity index (χ3n) is 4.57. The van der Waals surface area contributed by atoms with Crippen LogP contribution < -0.4 is 5.32 Å². The van der Waals surface area contributed by atoms with Crippen LogP contribution in [0.15, 0.2) is 22.8 Å². The second-order valence-corrected chi connectivity index (χ2v) is 15.1. The Morgan fingerprint density at radius 1 is 1.19 bits per heavy atom. The van der Waals surface area contributed by atoms with Crippen molar-refractivity contribution < 1.29 is 14.0 Å². The molecular weight excluding hydrogens is 412 g/mol. The lowest BCUT2D eigenvalue weighted by Crippen LogP contribution is -2.49. The highest BCUT2D eigenvalue weighted by Crippen LogP contribution is 2.38. The Kier molecular flexibility index (Phi) is 7.10. The van der Waals surface area contributed by atoms with Gasteiger partial charge in [-0.1, -0.05) is 36.7 Å². The van der Waals surface area contributed by atoms with Crippen molar-refractivity contribution in [3.05, 3.63) is 28.5 Å². The minimum Gasteiger partial charge on any atom is -0.434 e. The number of nitrogens with one attached hydrogen (secondary N) is 1. The predicted molar refractivity (Wildman–Crippen MR) is 112 cm³/mol. The first-order valence-corrected chi connectivity index (χ1v) is 12.5. The normalized spacial score (nSPS) is 15.3. The van der Waals surface area contributed by atoms with Crippen molar-refractivity contribution in [3.63, 3.8) is 0 Å². The van der Waals surface area contributed by atoms with E-state index < -0.39 is 20.0 Å². The summed E-state index contributed by atoms with van der Waals surface area (Å²) in [6.07, 6.45) is 1.20. The van der Waals surface area contributed by atoms with Crippen molar-refractivity contribution >= 4 is 30.3 Å².